The first-order valence-corrected chi connectivity index (χ1v) is 10.7. The molecule has 1 saturated carbocycles. The first-order chi connectivity index (χ1) is 13.0. The van der Waals surface area contributed by atoms with E-state index < -0.39 is 15.9 Å². The average molecular weight is 386 g/mol. The molecule has 1 aliphatic carbocycles. The van der Waals surface area contributed by atoms with Crippen molar-refractivity contribution in [2.45, 2.75) is 30.8 Å². The zero-order valence-electron chi connectivity index (χ0n) is 14.4. The molecule has 2 fully saturated rings. The minimum absolute atomic E-state index is 0.000566. The molecule has 0 spiro atoms. The Morgan fingerprint density at radius 3 is 2.85 bits per heavy atom. The van der Waals surface area contributed by atoms with E-state index in [9.17, 15) is 13.2 Å². The van der Waals surface area contributed by atoms with E-state index in [1.165, 1.54) is 10.7 Å². The molecule has 140 valence electrons. The van der Waals surface area contributed by atoms with Crippen molar-refractivity contribution in [3.63, 3.8) is 0 Å². The summed E-state index contributed by atoms with van der Waals surface area (Å²) in [5.74, 6) is 0.826. The molecule has 2 aliphatic rings. The lowest BCUT2D eigenvalue weighted by atomic mass is 10.1. The molecular formula is C17H18N6O3S. The van der Waals surface area contributed by atoms with Crippen LogP contribution in [0.15, 0.2) is 36.9 Å². The highest BCUT2D eigenvalue weighted by Gasteiger charge is 2.42. The topological polar surface area (TPSA) is 111 Å². The Hall–Kier alpha value is -2.75. The number of fused-ring (bicyclic) bond motifs is 1. The molecular weight excluding hydrogens is 368 g/mol. The molecule has 2 atom stereocenters. The second-order valence-corrected chi connectivity index (χ2v) is 9.28. The fourth-order valence-electron chi connectivity index (χ4n) is 3.73. The minimum atomic E-state index is -3.25. The fourth-order valence-corrected chi connectivity index (χ4v) is 5.63. The lowest BCUT2D eigenvalue weighted by Gasteiger charge is -2.22. The molecule has 3 aromatic heterocycles. The Bertz CT molecular complexity index is 1130. The average Bonchev–Trinajstić information content (AvgIpc) is 3.09. The van der Waals surface area contributed by atoms with Crippen molar-refractivity contribution < 1.29 is 13.2 Å². The molecule has 1 amide bonds. The highest BCUT2D eigenvalue weighted by Crippen LogP contribution is 2.41. The number of hydrogen-bond donors (Lipinski definition) is 1. The van der Waals surface area contributed by atoms with E-state index in [0.29, 0.717) is 11.6 Å². The Kier molecular flexibility index (Phi) is 3.58. The van der Waals surface area contributed by atoms with E-state index in [-0.39, 0.29) is 29.1 Å². The van der Waals surface area contributed by atoms with E-state index in [0.717, 1.165) is 18.7 Å². The monoisotopic (exact) mass is 386 g/mol. The first kappa shape index (κ1) is 16.4. The molecule has 0 bridgehead atoms. The number of nitrogens with zero attached hydrogens (tertiary/aromatic N) is 5. The summed E-state index contributed by atoms with van der Waals surface area (Å²) in [4.78, 5) is 21.4. The largest absolute Gasteiger partial charge is 0.345 e. The molecule has 9 nitrogen and oxygen atoms in total. The van der Waals surface area contributed by atoms with E-state index >= 15 is 0 Å². The number of carbonyl (C=O) groups is 1. The molecule has 27 heavy (non-hydrogen) atoms. The first-order valence-electron chi connectivity index (χ1n) is 8.84. The van der Waals surface area contributed by atoms with Crippen LogP contribution in [-0.2, 0) is 9.84 Å². The fraction of sp³-hybridized carbons (Fsp3) is 0.412. The predicted octanol–water partition coefficient (Wildman–Crippen LogP) is 0.571. The highest BCUT2D eigenvalue weighted by atomic mass is 32.2. The predicted molar refractivity (Wildman–Crippen MR) is 96.1 cm³/mol. The van der Waals surface area contributed by atoms with Gasteiger partial charge < -0.3 is 9.88 Å². The zero-order chi connectivity index (χ0) is 18.6. The minimum Gasteiger partial charge on any atom is -0.345 e. The van der Waals surface area contributed by atoms with Gasteiger partial charge in [-0.05, 0) is 25.0 Å². The van der Waals surface area contributed by atoms with Crippen LogP contribution in [0.2, 0.25) is 0 Å². The SMILES string of the molecule is O=C(N[C@H]1CS(=O)(=O)C[C@H]1n1ccnc1C1CC1)c1cnc2cccnn12. The summed E-state index contributed by atoms with van der Waals surface area (Å²) in [7, 11) is -3.25. The van der Waals surface area contributed by atoms with Gasteiger partial charge in [0.25, 0.3) is 5.91 Å². The number of rotatable bonds is 4. The Morgan fingerprint density at radius 1 is 1.19 bits per heavy atom. The van der Waals surface area contributed by atoms with Gasteiger partial charge in [-0.15, -0.1) is 0 Å². The van der Waals surface area contributed by atoms with Crippen LogP contribution in [-0.4, -0.2) is 56.0 Å². The summed E-state index contributed by atoms with van der Waals surface area (Å²) in [6.07, 6.45) is 8.67. The molecule has 3 aromatic rings. The zero-order valence-corrected chi connectivity index (χ0v) is 15.2. The van der Waals surface area contributed by atoms with Crippen LogP contribution < -0.4 is 5.32 Å². The normalized spacial score (nSPS) is 24.3. The standard InChI is InChI=1S/C17H18N6O3S/c24-17(13-8-19-15-2-1-5-20-23(13)15)21-12-9-27(25,26)10-14(12)22-7-6-18-16(22)11-3-4-11/h1-2,5-8,11-12,14H,3-4,9-10H2,(H,21,24)/t12-,14+/m0/s1. The summed E-state index contributed by atoms with van der Waals surface area (Å²) >= 11 is 0. The molecule has 5 rings (SSSR count). The lowest BCUT2D eigenvalue weighted by Crippen LogP contribution is -2.41. The van der Waals surface area contributed by atoms with E-state index in [2.05, 4.69) is 20.4 Å². The molecule has 0 aromatic carbocycles. The van der Waals surface area contributed by atoms with Gasteiger partial charge in [-0.25, -0.2) is 22.9 Å². The van der Waals surface area contributed by atoms with E-state index in [1.54, 1.807) is 24.5 Å². The van der Waals surface area contributed by atoms with Crippen molar-refractivity contribution in [2.24, 2.45) is 0 Å². The van der Waals surface area contributed by atoms with Gasteiger partial charge in [-0.3, -0.25) is 4.79 Å². The van der Waals surface area contributed by atoms with Crippen LogP contribution >= 0.6 is 0 Å². The van der Waals surface area contributed by atoms with Gasteiger partial charge in [0, 0.05) is 24.5 Å². The molecule has 10 heteroatoms. The second-order valence-electron chi connectivity index (χ2n) is 7.13. The van der Waals surface area contributed by atoms with Crippen LogP contribution in [0.3, 0.4) is 0 Å². The number of carbonyl (C=O) groups excluding carboxylic acids is 1. The number of amides is 1. The summed E-state index contributed by atoms with van der Waals surface area (Å²) in [6, 6.07) is 2.61. The van der Waals surface area contributed by atoms with Crippen LogP contribution in [0, 0.1) is 0 Å². The van der Waals surface area contributed by atoms with Crippen LogP contribution in [0.25, 0.3) is 5.65 Å². The van der Waals surface area contributed by atoms with Crippen LogP contribution in [0.4, 0.5) is 0 Å². The Morgan fingerprint density at radius 2 is 2.04 bits per heavy atom. The summed E-state index contributed by atoms with van der Waals surface area (Å²) < 4.78 is 28.0. The van der Waals surface area contributed by atoms with Crippen molar-refractivity contribution in [3.05, 3.63) is 48.4 Å². The van der Waals surface area contributed by atoms with Gasteiger partial charge in [-0.1, -0.05) is 0 Å². The van der Waals surface area contributed by atoms with Gasteiger partial charge in [0.1, 0.15) is 11.5 Å². The van der Waals surface area contributed by atoms with Crippen molar-refractivity contribution in [1.82, 2.24) is 29.5 Å². The summed E-state index contributed by atoms with van der Waals surface area (Å²) in [6.45, 7) is 0. The molecule has 0 unspecified atom stereocenters. The van der Waals surface area contributed by atoms with Gasteiger partial charge in [0.15, 0.2) is 15.5 Å². The maximum atomic E-state index is 12.8. The van der Waals surface area contributed by atoms with Gasteiger partial charge in [-0.2, -0.15) is 5.10 Å². The number of imidazole rings is 2. The van der Waals surface area contributed by atoms with Crippen molar-refractivity contribution in [2.75, 3.05) is 11.5 Å². The van der Waals surface area contributed by atoms with Crippen LogP contribution in [0.1, 0.15) is 41.1 Å². The number of aromatic nitrogens is 5. The van der Waals surface area contributed by atoms with Crippen molar-refractivity contribution >= 4 is 21.4 Å². The molecule has 1 saturated heterocycles. The number of nitrogens with one attached hydrogen (secondary N) is 1. The number of hydrogen-bond acceptors (Lipinski definition) is 6. The van der Waals surface area contributed by atoms with Crippen molar-refractivity contribution in [1.29, 1.82) is 0 Å². The van der Waals surface area contributed by atoms with Crippen molar-refractivity contribution in [3.8, 4) is 0 Å². The quantitative estimate of drug-likeness (QED) is 0.702. The molecule has 1 N–H and O–H groups in total. The van der Waals surface area contributed by atoms with Crippen LogP contribution in [0.5, 0.6) is 0 Å². The Labute approximate surface area is 155 Å². The summed E-state index contributed by atoms with van der Waals surface area (Å²) in [5, 5.41) is 7.03. The smallest absolute Gasteiger partial charge is 0.271 e. The maximum absolute atomic E-state index is 12.8. The lowest BCUT2D eigenvalue weighted by molar-refractivity contribution is 0.0925. The van der Waals surface area contributed by atoms with E-state index in [4.69, 9.17) is 0 Å². The van der Waals surface area contributed by atoms with Gasteiger partial charge >= 0.3 is 0 Å². The van der Waals surface area contributed by atoms with E-state index in [1.807, 2.05) is 10.8 Å². The third-order valence-corrected chi connectivity index (χ3v) is 6.86. The third kappa shape index (κ3) is 2.89. The Balaban J connectivity index is 1.45. The third-order valence-electron chi connectivity index (χ3n) is 5.15. The maximum Gasteiger partial charge on any atom is 0.271 e. The van der Waals surface area contributed by atoms with Gasteiger partial charge in [0.2, 0.25) is 0 Å². The van der Waals surface area contributed by atoms with Gasteiger partial charge in [0.05, 0.1) is 29.8 Å². The molecule has 4 heterocycles. The number of sulfone groups is 1. The second kappa shape index (κ2) is 5.88. The molecule has 1 aliphatic heterocycles. The highest BCUT2D eigenvalue weighted by molar-refractivity contribution is 7.91. The summed E-state index contributed by atoms with van der Waals surface area (Å²) in [5.41, 5.74) is 0.838. The molecule has 0 radical (unpaired) electrons.